The summed E-state index contributed by atoms with van der Waals surface area (Å²) in [6.45, 7) is 1.43. The zero-order valence-corrected chi connectivity index (χ0v) is 27.3. The van der Waals surface area contributed by atoms with Crippen LogP contribution in [-0.4, -0.2) is 76.3 Å². The number of carbonyl (C=O) groups excluding carboxylic acids is 3. The van der Waals surface area contributed by atoms with E-state index < -0.39 is 42.2 Å². The van der Waals surface area contributed by atoms with Gasteiger partial charge in [0.2, 0.25) is 11.8 Å². The van der Waals surface area contributed by atoms with Gasteiger partial charge in [-0.2, -0.15) is 0 Å². The Balaban J connectivity index is 1.38. The normalized spacial score (nSPS) is 17.6. The number of rotatable bonds is 12. The zero-order chi connectivity index (χ0) is 35.0. The fraction of sp³-hybridized carbons (Fsp3) is 0.256. The van der Waals surface area contributed by atoms with E-state index in [0.29, 0.717) is 29.8 Å². The standard InChI is InChI=1S/C39H37FN4O6/c40-31-18-9-7-16-28(31)30(24-34(45)44-22-23-50-39(44)49)36(38(47)48)42-35(27-14-5-2-6-15-27)29-17-8-10-19-32(29)41-37(46)33-20-11-21-43(33)25-26-12-3-1-4-13-26/h1-10,12-19,30,33,36H,11,20-25H2,(H,41,46)(H,47,48)/t30-,33+,36+/m1/s1. The van der Waals surface area contributed by atoms with Crippen molar-refractivity contribution >= 4 is 35.3 Å². The zero-order valence-electron chi connectivity index (χ0n) is 27.3. The second kappa shape index (κ2) is 15.7. The smallest absolute Gasteiger partial charge is 0.416 e. The number of nitrogens with zero attached hydrogens (tertiary/aromatic N) is 3. The molecular weight excluding hydrogens is 639 g/mol. The van der Waals surface area contributed by atoms with Crippen LogP contribution in [0.5, 0.6) is 0 Å². The molecule has 0 aliphatic carbocycles. The van der Waals surface area contributed by atoms with Crippen molar-refractivity contribution in [3.05, 3.63) is 137 Å². The summed E-state index contributed by atoms with van der Waals surface area (Å²) in [5.41, 5.74) is 2.74. The van der Waals surface area contributed by atoms with Crippen LogP contribution in [0.4, 0.5) is 14.9 Å². The fourth-order valence-corrected chi connectivity index (χ4v) is 6.58. The van der Waals surface area contributed by atoms with Crippen molar-refractivity contribution in [2.45, 2.75) is 43.8 Å². The number of nitrogens with one attached hydrogen (secondary N) is 1. The average molecular weight is 677 g/mol. The molecule has 2 aliphatic rings. The summed E-state index contributed by atoms with van der Waals surface area (Å²) in [7, 11) is 0. The number of amides is 3. The van der Waals surface area contributed by atoms with E-state index in [0.717, 1.165) is 23.4 Å². The Morgan fingerprint density at radius 3 is 2.28 bits per heavy atom. The first-order valence-corrected chi connectivity index (χ1v) is 16.6. The number of imide groups is 1. The second-order valence-corrected chi connectivity index (χ2v) is 12.3. The van der Waals surface area contributed by atoms with Crippen molar-refractivity contribution in [2.75, 3.05) is 25.0 Å². The fourth-order valence-electron chi connectivity index (χ4n) is 6.58. The van der Waals surface area contributed by atoms with Gasteiger partial charge in [-0.25, -0.2) is 18.9 Å². The predicted molar refractivity (Wildman–Crippen MR) is 185 cm³/mol. The molecule has 2 N–H and O–H groups in total. The number of benzene rings is 4. The molecule has 10 nitrogen and oxygen atoms in total. The van der Waals surface area contributed by atoms with Gasteiger partial charge >= 0.3 is 12.1 Å². The van der Waals surface area contributed by atoms with Crippen LogP contribution in [0.25, 0.3) is 0 Å². The first kappa shape index (κ1) is 34.2. The number of ether oxygens (including phenoxy) is 1. The van der Waals surface area contributed by atoms with Crippen molar-refractivity contribution in [3.63, 3.8) is 0 Å². The molecule has 50 heavy (non-hydrogen) atoms. The molecule has 0 saturated carbocycles. The van der Waals surface area contributed by atoms with Gasteiger partial charge in [0.1, 0.15) is 12.4 Å². The molecule has 0 spiro atoms. The molecule has 4 aromatic carbocycles. The van der Waals surface area contributed by atoms with Crippen molar-refractivity contribution in [3.8, 4) is 0 Å². The minimum absolute atomic E-state index is 0.00870. The molecule has 2 fully saturated rings. The van der Waals surface area contributed by atoms with Crippen molar-refractivity contribution in [2.24, 2.45) is 4.99 Å². The van der Waals surface area contributed by atoms with Crippen LogP contribution in [0.1, 0.15) is 47.4 Å². The largest absolute Gasteiger partial charge is 0.480 e. The van der Waals surface area contributed by atoms with E-state index in [1.54, 1.807) is 60.7 Å². The van der Waals surface area contributed by atoms with Crippen LogP contribution >= 0.6 is 0 Å². The number of hydrogen-bond acceptors (Lipinski definition) is 7. The Morgan fingerprint density at radius 1 is 0.900 bits per heavy atom. The van der Waals surface area contributed by atoms with Crippen molar-refractivity contribution in [1.82, 2.24) is 9.80 Å². The van der Waals surface area contributed by atoms with Crippen LogP contribution in [0.3, 0.4) is 0 Å². The number of aliphatic carboxylic acids is 1. The third-order valence-electron chi connectivity index (χ3n) is 9.05. The predicted octanol–water partition coefficient (Wildman–Crippen LogP) is 5.87. The average Bonchev–Trinajstić information content (AvgIpc) is 3.78. The van der Waals surface area contributed by atoms with E-state index in [1.165, 1.54) is 18.2 Å². The molecule has 0 bridgehead atoms. The number of hydrogen-bond donors (Lipinski definition) is 2. The maximum atomic E-state index is 15.4. The monoisotopic (exact) mass is 676 g/mol. The summed E-state index contributed by atoms with van der Waals surface area (Å²) in [6, 6.07) is 29.4. The summed E-state index contributed by atoms with van der Waals surface area (Å²) in [5, 5.41) is 13.7. The molecule has 3 atom stereocenters. The lowest BCUT2D eigenvalue weighted by Gasteiger charge is -2.26. The van der Waals surface area contributed by atoms with Gasteiger partial charge in [0.15, 0.2) is 6.04 Å². The Labute approximate surface area is 289 Å². The van der Waals surface area contributed by atoms with Gasteiger partial charge in [0.05, 0.1) is 24.0 Å². The lowest BCUT2D eigenvalue weighted by molar-refractivity contribution is -0.139. The minimum atomic E-state index is -1.66. The molecule has 0 unspecified atom stereocenters. The third-order valence-corrected chi connectivity index (χ3v) is 9.05. The van der Waals surface area contributed by atoms with Crippen LogP contribution in [0.2, 0.25) is 0 Å². The molecule has 4 aromatic rings. The summed E-state index contributed by atoms with van der Waals surface area (Å²) < 4.78 is 20.3. The molecule has 0 aromatic heterocycles. The van der Waals surface area contributed by atoms with Gasteiger partial charge in [-0.15, -0.1) is 0 Å². The van der Waals surface area contributed by atoms with Gasteiger partial charge in [-0.05, 0) is 42.6 Å². The van der Waals surface area contributed by atoms with E-state index in [1.807, 2.05) is 30.3 Å². The van der Waals surface area contributed by atoms with Gasteiger partial charge < -0.3 is 15.2 Å². The molecule has 11 heteroatoms. The first-order valence-electron chi connectivity index (χ1n) is 16.6. The molecule has 6 rings (SSSR count). The number of carboxylic acids is 1. The number of likely N-dealkylation sites (tertiary alicyclic amines) is 1. The van der Waals surface area contributed by atoms with Gasteiger partial charge in [-0.1, -0.05) is 97.1 Å². The summed E-state index contributed by atoms with van der Waals surface area (Å²) >= 11 is 0. The number of halogens is 1. The van der Waals surface area contributed by atoms with Crippen molar-refractivity contribution < 1.29 is 33.4 Å². The highest BCUT2D eigenvalue weighted by atomic mass is 19.1. The van der Waals surface area contributed by atoms with Crippen LogP contribution in [0.15, 0.2) is 114 Å². The molecule has 2 heterocycles. The van der Waals surface area contributed by atoms with Gasteiger partial charge in [-0.3, -0.25) is 19.5 Å². The van der Waals surface area contributed by atoms with E-state index in [4.69, 9.17) is 9.73 Å². The number of carbonyl (C=O) groups is 4. The maximum Gasteiger partial charge on any atom is 0.416 e. The minimum Gasteiger partial charge on any atom is -0.480 e. The van der Waals surface area contributed by atoms with Gasteiger partial charge in [0.25, 0.3) is 0 Å². The van der Waals surface area contributed by atoms with E-state index in [9.17, 15) is 24.3 Å². The molecule has 2 saturated heterocycles. The van der Waals surface area contributed by atoms with Crippen molar-refractivity contribution in [1.29, 1.82) is 0 Å². The molecule has 2 aliphatic heterocycles. The molecule has 0 radical (unpaired) electrons. The lowest BCUT2D eigenvalue weighted by Crippen LogP contribution is -2.39. The van der Waals surface area contributed by atoms with E-state index in [2.05, 4.69) is 10.2 Å². The molecule has 3 amide bonds. The molecule has 256 valence electrons. The highest BCUT2D eigenvalue weighted by Gasteiger charge is 2.38. The first-order chi connectivity index (χ1) is 24.3. The number of cyclic esters (lactones) is 1. The highest BCUT2D eigenvalue weighted by molar-refractivity contribution is 6.18. The lowest BCUT2D eigenvalue weighted by atomic mass is 9.87. The SMILES string of the molecule is O=C(O)[C@@H](N=C(c1ccccc1)c1ccccc1NC(=O)[C@@H]1CCCN1Cc1ccccc1)[C@H](CC(=O)N1CCOC1=O)c1ccccc1F. The summed E-state index contributed by atoms with van der Waals surface area (Å²) in [6.07, 6.45) is 0.201. The summed E-state index contributed by atoms with van der Waals surface area (Å²) in [4.78, 5) is 60.3. The Morgan fingerprint density at radius 2 is 1.58 bits per heavy atom. The maximum absolute atomic E-state index is 15.4. The number of aliphatic imine (C=N–C) groups is 1. The number of anilines is 1. The van der Waals surface area contributed by atoms with Crippen LogP contribution in [0, 0.1) is 5.82 Å². The molecular formula is C39H37FN4O6. The Hall–Kier alpha value is -5.68. The Kier molecular flexibility index (Phi) is 10.7. The summed E-state index contributed by atoms with van der Waals surface area (Å²) in [5.74, 6) is -4.29. The topological polar surface area (TPSA) is 129 Å². The van der Waals surface area contributed by atoms with Crippen LogP contribution in [-0.2, 0) is 25.7 Å². The van der Waals surface area contributed by atoms with E-state index in [-0.39, 0.29) is 36.4 Å². The quantitative estimate of drug-likeness (QED) is 0.180. The van der Waals surface area contributed by atoms with Crippen LogP contribution < -0.4 is 5.32 Å². The third kappa shape index (κ3) is 7.79. The Bertz CT molecular complexity index is 1890. The highest BCUT2D eigenvalue weighted by Crippen LogP contribution is 2.32. The number of carboxylic acid groups (broad SMARTS) is 1. The van der Waals surface area contributed by atoms with Gasteiger partial charge in [0, 0.05) is 30.0 Å². The second-order valence-electron chi connectivity index (χ2n) is 12.3. The van der Waals surface area contributed by atoms with E-state index >= 15 is 4.39 Å². The number of para-hydroxylation sites is 1.